The average molecular weight is 433 g/mol. The van der Waals surface area contributed by atoms with E-state index in [1.54, 1.807) is 24.2 Å². The third kappa shape index (κ3) is 5.44. The zero-order valence-electron chi connectivity index (χ0n) is 18.0. The van der Waals surface area contributed by atoms with Crippen molar-refractivity contribution in [3.63, 3.8) is 0 Å². The number of nitrogens with zero attached hydrogens (tertiary/aromatic N) is 3. The molecule has 1 N–H and O–H groups in total. The van der Waals surface area contributed by atoms with Crippen molar-refractivity contribution in [1.29, 1.82) is 0 Å². The molecular weight excluding hydrogens is 404 g/mol. The van der Waals surface area contributed by atoms with E-state index in [9.17, 15) is 4.79 Å². The Morgan fingerprint density at radius 3 is 2.55 bits per heavy atom. The summed E-state index contributed by atoms with van der Waals surface area (Å²) < 4.78 is 0. The van der Waals surface area contributed by atoms with E-state index in [-0.39, 0.29) is 11.8 Å². The largest absolute Gasteiger partial charge is 0.354 e. The number of anilines is 2. The predicted octanol–water partition coefficient (Wildman–Crippen LogP) is 5.35. The van der Waals surface area contributed by atoms with Crippen LogP contribution in [-0.4, -0.2) is 29.0 Å². The number of nitrogens with one attached hydrogen (secondary N) is 1. The molecule has 1 aliphatic heterocycles. The van der Waals surface area contributed by atoms with Crippen LogP contribution in [0.25, 0.3) is 0 Å². The van der Waals surface area contributed by atoms with E-state index < -0.39 is 0 Å². The van der Waals surface area contributed by atoms with Gasteiger partial charge in [-0.2, -0.15) is 0 Å². The molecule has 3 aromatic rings. The fourth-order valence-corrected chi connectivity index (χ4v) is 4.82. The molecule has 1 amide bonds. The van der Waals surface area contributed by atoms with Gasteiger partial charge in [-0.25, -0.2) is 9.97 Å². The van der Waals surface area contributed by atoms with Gasteiger partial charge in [0.1, 0.15) is 5.03 Å². The molecule has 1 aromatic heterocycles. The fraction of sp³-hybridized carbons (Fsp3) is 0.320. The van der Waals surface area contributed by atoms with Gasteiger partial charge in [0.25, 0.3) is 0 Å². The summed E-state index contributed by atoms with van der Waals surface area (Å²) in [7, 11) is 0. The minimum Gasteiger partial charge on any atom is -0.354 e. The molecule has 2 heterocycles. The minimum atomic E-state index is 0.0200. The molecule has 160 valence electrons. The first-order valence-electron chi connectivity index (χ1n) is 10.8. The molecule has 0 aliphatic carbocycles. The highest BCUT2D eigenvalue weighted by Gasteiger charge is 2.27. The van der Waals surface area contributed by atoms with Crippen LogP contribution in [0.5, 0.6) is 0 Å². The molecule has 5 nitrogen and oxygen atoms in total. The van der Waals surface area contributed by atoms with Crippen molar-refractivity contribution in [1.82, 2.24) is 9.97 Å². The summed E-state index contributed by atoms with van der Waals surface area (Å²) in [6.45, 7) is 5.82. The molecule has 31 heavy (non-hydrogen) atoms. The first-order valence-corrected chi connectivity index (χ1v) is 11.6. The van der Waals surface area contributed by atoms with Crippen molar-refractivity contribution >= 4 is 29.2 Å². The van der Waals surface area contributed by atoms with E-state index in [4.69, 9.17) is 0 Å². The van der Waals surface area contributed by atoms with Crippen LogP contribution in [0.2, 0.25) is 0 Å². The average Bonchev–Trinajstić information content (AvgIpc) is 2.80. The van der Waals surface area contributed by atoms with Crippen molar-refractivity contribution in [2.75, 3.05) is 23.3 Å². The van der Waals surface area contributed by atoms with E-state index in [2.05, 4.69) is 70.4 Å². The van der Waals surface area contributed by atoms with E-state index in [0.29, 0.717) is 0 Å². The van der Waals surface area contributed by atoms with Crippen molar-refractivity contribution in [3.8, 4) is 0 Å². The zero-order chi connectivity index (χ0) is 21.6. The molecule has 0 spiro atoms. The minimum absolute atomic E-state index is 0.0200. The molecule has 2 aromatic carbocycles. The summed E-state index contributed by atoms with van der Waals surface area (Å²) in [6.07, 6.45) is 6.10. The SMILES string of the molecule is CCc1ccc(NC(=O)C2CCN(c3nccnc3Sc3cccc(C)c3)CC2)cc1. The lowest BCUT2D eigenvalue weighted by Crippen LogP contribution is -2.38. The van der Waals surface area contributed by atoms with E-state index >= 15 is 0 Å². The zero-order valence-corrected chi connectivity index (χ0v) is 18.9. The summed E-state index contributed by atoms with van der Waals surface area (Å²) >= 11 is 1.64. The lowest BCUT2D eigenvalue weighted by Gasteiger charge is -2.32. The number of hydrogen-bond donors (Lipinski definition) is 1. The highest BCUT2D eigenvalue weighted by molar-refractivity contribution is 7.99. The lowest BCUT2D eigenvalue weighted by molar-refractivity contribution is -0.120. The molecule has 0 unspecified atom stereocenters. The molecule has 0 atom stereocenters. The Hall–Kier alpha value is -2.86. The normalized spacial score (nSPS) is 14.5. The van der Waals surface area contributed by atoms with Gasteiger partial charge in [0.15, 0.2) is 5.82 Å². The Morgan fingerprint density at radius 1 is 1.10 bits per heavy atom. The van der Waals surface area contributed by atoms with Crippen LogP contribution in [-0.2, 0) is 11.2 Å². The standard InChI is InChI=1S/C25H28N4OS/c1-3-19-7-9-21(10-8-19)28-24(30)20-11-15-29(16-12-20)23-25(27-14-13-26-23)31-22-6-4-5-18(2)17-22/h4-10,13-14,17,20H,3,11-12,15-16H2,1-2H3,(H,28,30). The molecule has 1 saturated heterocycles. The Bertz CT molecular complexity index is 1030. The smallest absolute Gasteiger partial charge is 0.227 e. The number of aryl methyl sites for hydroxylation is 2. The van der Waals surface area contributed by atoms with Crippen LogP contribution in [0.4, 0.5) is 11.5 Å². The van der Waals surface area contributed by atoms with Gasteiger partial charge in [0, 0.05) is 42.0 Å². The monoisotopic (exact) mass is 432 g/mol. The number of carbonyl (C=O) groups excluding carboxylic acids is 1. The van der Waals surface area contributed by atoms with Crippen LogP contribution >= 0.6 is 11.8 Å². The van der Waals surface area contributed by atoms with Crippen molar-refractivity contribution in [2.24, 2.45) is 5.92 Å². The maximum atomic E-state index is 12.7. The van der Waals surface area contributed by atoms with Crippen molar-refractivity contribution < 1.29 is 4.79 Å². The van der Waals surface area contributed by atoms with E-state index in [1.807, 2.05) is 12.1 Å². The van der Waals surface area contributed by atoms with Gasteiger partial charge < -0.3 is 10.2 Å². The summed E-state index contributed by atoms with van der Waals surface area (Å²) in [5, 5.41) is 3.99. The summed E-state index contributed by atoms with van der Waals surface area (Å²) in [4.78, 5) is 25.4. The highest BCUT2D eigenvalue weighted by Crippen LogP contribution is 2.34. The van der Waals surface area contributed by atoms with Crippen LogP contribution in [0, 0.1) is 12.8 Å². The molecule has 0 radical (unpaired) electrons. The third-order valence-electron chi connectivity index (χ3n) is 5.65. The maximum absolute atomic E-state index is 12.7. The van der Waals surface area contributed by atoms with Gasteiger partial charge >= 0.3 is 0 Å². The molecule has 0 saturated carbocycles. The number of hydrogen-bond acceptors (Lipinski definition) is 5. The molecule has 4 rings (SSSR count). The van der Waals surface area contributed by atoms with E-state index in [1.165, 1.54) is 11.1 Å². The number of rotatable bonds is 6. The molecular formula is C25H28N4OS. The van der Waals surface area contributed by atoms with Gasteiger partial charge in [-0.1, -0.05) is 48.5 Å². The van der Waals surface area contributed by atoms with Crippen LogP contribution in [0.15, 0.2) is 70.8 Å². The molecule has 6 heteroatoms. The van der Waals surface area contributed by atoms with Crippen molar-refractivity contribution in [2.45, 2.75) is 43.0 Å². The molecule has 0 bridgehead atoms. The van der Waals surface area contributed by atoms with Crippen LogP contribution in [0.1, 0.15) is 30.9 Å². The summed E-state index contributed by atoms with van der Waals surface area (Å²) in [6, 6.07) is 16.5. The number of carbonyl (C=O) groups is 1. The van der Waals surface area contributed by atoms with Gasteiger partial charge in [0.05, 0.1) is 0 Å². The number of amides is 1. The number of piperidine rings is 1. The van der Waals surface area contributed by atoms with Gasteiger partial charge in [-0.05, 0) is 56.0 Å². The van der Waals surface area contributed by atoms with Gasteiger partial charge in [0.2, 0.25) is 5.91 Å². The summed E-state index contributed by atoms with van der Waals surface area (Å²) in [5.41, 5.74) is 3.37. The van der Waals surface area contributed by atoms with Crippen molar-refractivity contribution in [3.05, 3.63) is 72.1 Å². The second kappa shape index (κ2) is 9.96. The molecule has 1 aliphatic rings. The Kier molecular flexibility index (Phi) is 6.87. The quantitative estimate of drug-likeness (QED) is 0.569. The first kappa shape index (κ1) is 21.4. The number of benzene rings is 2. The summed E-state index contributed by atoms with van der Waals surface area (Å²) in [5.74, 6) is 1.03. The fourth-order valence-electron chi connectivity index (χ4n) is 3.82. The van der Waals surface area contributed by atoms with Crippen LogP contribution in [0.3, 0.4) is 0 Å². The second-order valence-corrected chi connectivity index (χ2v) is 8.97. The maximum Gasteiger partial charge on any atom is 0.227 e. The lowest BCUT2D eigenvalue weighted by atomic mass is 9.96. The predicted molar refractivity (Wildman–Crippen MR) is 127 cm³/mol. The first-order chi connectivity index (χ1) is 15.1. The molecule has 1 fully saturated rings. The highest BCUT2D eigenvalue weighted by atomic mass is 32.2. The Balaban J connectivity index is 1.38. The third-order valence-corrected chi connectivity index (χ3v) is 6.62. The topological polar surface area (TPSA) is 58.1 Å². The van der Waals surface area contributed by atoms with Gasteiger partial charge in [-0.3, -0.25) is 4.79 Å². The Morgan fingerprint density at radius 2 is 1.84 bits per heavy atom. The van der Waals surface area contributed by atoms with Crippen LogP contribution < -0.4 is 10.2 Å². The second-order valence-electron chi connectivity index (χ2n) is 7.90. The Labute approximate surface area is 188 Å². The van der Waals surface area contributed by atoms with Gasteiger partial charge in [-0.15, -0.1) is 0 Å². The number of aromatic nitrogens is 2. The van der Waals surface area contributed by atoms with E-state index in [0.717, 1.165) is 53.8 Å².